The number of carbonyl (C=O) groups excluding carboxylic acids is 1. The topological polar surface area (TPSA) is 55.1 Å². The molecule has 0 aromatic rings. The van der Waals surface area contributed by atoms with Crippen LogP contribution in [0.5, 0.6) is 0 Å². The molecule has 0 aliphatic heterocycles. The zero-order valence-corrected chi connectivity index (χ0v) is 8.12. The SMILES string of the molecule is CC1CC1C(=O)NCC(N)C1CC1. The molecule has 0 spiro atoms. The standard InChI is InChI=1S/C10H18N2O/c1-6-4-8(6)10(13)12-5-9(11)7-2-3-7/h6-9H,2-5,11H2,1H3,(H,12,13). The van der Waals surface area contributed by atoms with Gasteiger partial charge in [0.15, 0.2) is 0 Å². The maximum absolute atomic E-state index is 11.4. The van der Waals surface area contributed by atoms with E-state index in [0.717, 1.165) is 6.42 Å². The van der Waals surface area contributed by atoms with Crippen LogP contribution in [-0.4, -0.2) is 18.5 Å². The Bertz CT molecular complexity index is 213. The number of nitrogens with two attached hydrogens (primary N) is 1. The summed E-state index contributed by atoms with van der Waals surface area (Å²) in [5, 5.41) is 2.93. The van der Waals surface area contributed by atoms with Crippen LogP contribution in [0.2, 0.25) is 0 Å². The van der Waals surface area contributed by atoms with Crippen molar-refractivity contribution in [3.8, 4) is 0 Å². The van der Waals surface area contributed by atoms with E-state index in [4.69, 9.17) is 5.73 Å². The lowest BCUT2D eigenvalue weighted by Crippen LogP contribution is -2.39. The monoisotopic (exact) mass is 182 g/mol. The first kappa shape index (κ1) is 9.00. The van der Waals surface area contributed by atoms with Crippen LogP contribution in [0.3, 0.4) is 0 Å². The van der Waals surface area contributed by atoms with Gasteiger partial charge in [0.2, 0.25) is 5.91 Å². The molecule has 13 heavy (non-hydrogen) atoms. The summed E-state index contributed by atoms with van der Waals surface area (Å²) in [7, 11) is 0. The second-order valence-corrected chi connectivity index (χ2v) is 4.57. The van der Waals surface area contributed by atoms with E-state index in [9.17, 15) is 4.79 Å². The Balaban J connectivity index is 1.64. The van der Waals surface area contributed by atoms with E-state index in [0.29, 0.717) is 18.4 Å². The van der Waals surface area contributed by atoms with Gasteiger partial charge < -0.3 is 11.1 Å². The smallest absolute Gasteiger partial charge is 0.223 e. The molecule has 2 rings (SSSR count). The molecule has 2 aliphatic rings. The van der Waals surface area contributed by atoms with Gasteiger partial charge in [-0.3, -0.25) is 4.79 Å². The number of carbonyl (C=O) groups is 1. The molecule has 3 atom stereocenters. The minimum Gasteiger partial charge on any atom is -0.354 e. The summed E-state index contributed by atoms with van der Waals surface area (Å²) in [6.45, 7) is 2.79. The van der Waals surface area contributed by atoms with Crippen LogP contribution in [-0.2, 0) is 4.79 Å². The highest BCUT2D eigenvalue weighted by Crippen LogP contribution is 2.37. The fraction of sp³-hybridized carbons (Fsp3) is 0.900. The molecule has 3 heteroatoms. The molecule has 0 aromatic heterocycles. The maximum Gasteiger partial charge on any atom is 0.223 e. The van der Waals surface area contributed by atoms with Gasteiger partial charge in [-0.25, -0.2) is 0 Å². The van der Waals surface area contributed by atoms with Gasteiger partial charge in [-0.2, -0.15) is 0 Å². The van der Waals surface area contributed by atoms with Crippen LogP contribution in [0.1, 0.15) is 26.2 Å². The third-order valence-electron chi connectivity index (χ3n) is 3.19. The predicted molar refractivity (Wildman–Crippen MR) is 51.0 cm³/mol. The number of rotatable bonds is 4. The van der Waals surface area contributed by atoms with E-state index in [1.165, 1.54) is 12.8 Å². The van der Waals surface area contributed by atoms with E-state index < -0.39 is 0 Å². The zero-order valence-electron chi connectivity index (χ0n) is 8.12. The molecule has 0 aromatic carbocycles. The molecule has 0 radical (unpaired) electrons. The molecule has 1 amide bonds. The third kappa shape index (κ3) is 2.21. The Kier molecular flexibility index (Phi) is 2.28. The number of hydrogen-bond donors (Lipinski definition) is 2. The Morgan fingerprint density at radius 1 is 1.62 bits per heavy atom. The van der Waals surface area contributed by atoms with Crippen molar-refractivity contribution in [1.29, 1.82) is 0 Å². The number of amides is 1. The highest BCUT2D eigenvalue weighted by Gasteiger charge is 2.39. The summed E-state index contributed by atoms with van der Waals surface area (Å²) in [6.07, 6.45) is 3.55. The second kappa shape index (κ2) is 3.29. The van der Waals surface area contributed by atoms with Crippen molar-refractivity contribution in [2.24, 2.45) is 23.5 Å². The Morgan fingerprint density at radius 2 is 2.23 bits per heavy atom. The summed E-state index contributed by atoms with van der Waals surface area (Å²) in [4.78, 5) is 11.4. The Hall–Kier alpha value is -0.570. The molecule has 3 N–H and O–H groups in total. The third-order valence-corrected chi connectivity index (χ3v) is 3.19. The van der Waals surface area contributed by atoms with Crippen LogP contribution >= 0.6 is 0 Å². The van der Waals surface area contributed by atoms with Crippen molar-refractivity contribution < 1.29 is 4.79 Å². The minimum atomic E-state index is 0.193. The van der Waals surface area contributed by atoms with E-state index in [-0.39, 0.29) is 17.9 Å². The van der Waals surface area contributed by atoms with Gasteiger partial charge in [0.05, 0.1) is 0 Å². The highest BCUT2D eigenvalue weighted by molar-refractivity contribution is 5.81. The first-order valence-corrected chi connectivity index (χ1v) is 5.21. The van der Waals surface area contributed by atoms with E-state index in [1.807, 2.05) is 0 Å². The molecule has 3 unspecified atom stereocenters. The zero-order chi connectivity index (χ0) is 9.42. The lowest BCUT2D eigenvalue weighted by atomic mass is 10.2. The van der Waals surface area contributed by atoms with Crippen molar-refractivity contribution in [3.05, 3.63) is 0 Å². The second-order valence-electron chi connectivity index (χ2n) is 4.57. The average molecular weight is 182 g/mol. The molecule has 0 bridgehead atoms. The van der Waals surface area contributed by atoms with Gasteiger partial charge in [0.1, 0.15) is 0 Å². The summed E-state index contributed by atoms with van der Waals surface area (Å²) < 4.78 is 0. The molecule has 2 fully saturated rings. The van der Waals surface area contributed by atoms with E-state index in [2.05, 4.69) is 12.2 Å². The van der Waals surface area contributed by atoms with Gasteiger partial charge in [0, 0.05) is 18.5 Å². The van der Waals surface area contributed by atoms with Crippen LogP contribution in [0.15, 0.2) is 0 Å². The van der Waals surface area contributed by atoms with Crippen LogP contribution in [0.25, 0.3) is 0 Å². The molecular formula is C10H18N2O. The van der Waals surface area contributed by atoms with Crippen LogP contribution in [0, 0.1) is 17.8 Å². The Labute approximate surface area is 79.1 Å². The van der Waals surface area contributed by atoms with Crippen molar-refractivity contribution in [3.63, 3.8) is 0 Å². The maximum atomic E-state index is 11.4. The van der Waals surface area contributed by atoms with Crippen molar-refractivity contribution in [1.82, 2.24) is 5.32 Å². The molecule has 0 heterocycles. The largest absolute Gasteiger partial charge is 0.354 e. The number of nitrogens with one attached hydrogen (secondary N) is 1. The number of hydrogen-bond acceptors (Lipinski definition) is 2. The van der Waals surface area contributed by atoms with Gasteiger partial charge in [-0.1, -0.05) is 6.92 Å². The Morgan fingerprint density at radius 3 is 2.69 bits per heavy atom. The van der Waals surface area contributed by atoms with Crippen molar-refractivity contribution in [2.75, 3.05) is 6.54 Å². The van der Waals surface area contributed by atoms with Crippen molar-refractivity contribution >= 4 is 5.91 Å². The van der Waals surface area contributed by atoms with Gasteiger partial charge in [-0.05, 0) is 31.1 Å². The summed E-state index contributed by atoms with van der Waals surface area (Å²) in [5.41, 5.74) is 5.87. The highest BCUT2D eigenvalue weighted by atomic mass is 16.2. The summed E-state index contributed by atoms with van der Waals surface area (Å²) in [5.74, 6) is 1.77. The minimum absolute atomic E-state index is 0.193. The molecule has 74 valence electrons. The lowest BCUT2D eigenvalue weighted by Gasteiger charge is -2.11. The molecule has 3 nitrogen and oxygen atoms in total. The predicted octanol–water partition coefficient (Wildman–Crippen LogP) is 0.496. The van der Waals surface area contributed by atoms with Gasteiger partial charge >= 0.3 is 0 Å². The van der Waals surface area contributed by atoms with Crippen LogP contribution < -0.4 is 11.1 Å². The lowest BCUT2D eigenvalue weighted by molar-refractivity contribution is -0.122. The van der Waals surface area contributed by atoms with Crippen molar-refractivity contribution in [2.45, 2.75) is 32.2 Å². The van der Waals surface area contributed by atoms with Gasteiger partial charge in [-0.15, -0.1) is 0 Å². The van der Waals surface area contributed by atoms with E-state index in [1.54, 1.807) is 0 Å². The quantitative estimate of drug-likeness (QED) is 0.665. The summed E-state index contributed by atoms with van der Waals surface area (Å²) in [6, 6.07) is 0.193. The average Bonchev–Trinajstić information content (AvgIpc) is 2.91. The molecule has 0 saturated heterocycles. The molecule has 2 saturated carbocycles. The molecule has 2 aliphatic carbocycles. The first-order chi connectivity index (χ1) is 6.18. The molecular weight excluding hydrogens is 164 g/mol. The van der Waals surface area contributed by atoms with E-state index >= 15 is 0 Å². The summed E-state index contributed by atoms with van der Waals surface area (Å²) >= 11 is 0. The van der Waals surface area contributed by atoms with Crippen LogP contribution in [0.4, 0.5) is 0 Å². The first-order valence-electron chi connectivity index (χ1n) is 5.21. The fourth-order valence-corrected chi connectivity index (χ4v) is 1.73. The normalized spacial score (nSPS) is 34.0. The van der Waals surface area contributed by atoms with Gasteiger partial charge in [0.25, 0.3) is 0 Å². The fourth-order valence-electron chi connectivity index (χ4n) is 1.73.